The van der Waals surface area contributed by atoms with E-state index in [2.05, 4.69) is 24.5 Å². The van der Waals surface area contributed by atoms with Crippen molar-refractivity contribution in [1.82, 2.24) is 9.47 Å². The lowest BCUT2D eigenvalue weighted by atomic mass is 9.95. The number of nitriles is 2. The van der Waals surface area contributed by atoms with Crippen molar-refractivity contribution < 1.29 is 4.79 Å². The summed E-state index contributed by atoms with van der Waals surface area (Å²) in [5, 5.41) is 17.5. The minimum Gasteiger partial charge on any atom is -0.346 e. The normalized spacial score (nSPS) is 15.2. The molecule has 0 unspecified atom stereocenters. The van der Waals surface area contributed by atoms with Gasteiger partial charge in [0.25, 0.3) is 0 Å². The van der Waals surface area contributed by atoms with E-state index in [1.165, 1.54) is 54.5 Å². The van der Waals surface area contributed by atoms with Gasteiger partial charge in [-0.2, -0.15) is 10.5 Å². The van der Waals surface area contributed by atoms with Crippen molar-refractivity contribution in [1.29, 1.82) is 10.5 Å². The van der Waals surface area contributed by atoms with E-state index in [4.69, 9.17) is 10.5 Å². The Labute approximate surface area is 143 Å². The molecule has 1 aliphatic rings. The molecule has 0 aliphatic heterocycles. The van der Waals surface area contributed by atoms with E-state index in [1.807, 2.05) is 12.1 Å². The predicted molar refractivity (Wildman–Crippen MR) is 92.9 cm³/mol. The molecule has 0 bridgehead atoms. The van der Waals surface area contributed by atoms with Gasteiger partial charge in [0.05, 0.1) is 12.1 Å². The Morgan fingerprint density at radius 3 is 2.46 bits per heavy atom. The van der Waals surface area contributed by atoms with Crippen LogP contribution in [0.4, 0.5) is 0 Å². The Hall–Kier alpha value is -2.53. The molecule has 1 aliphatic carbocycles. The van der Waals surface area contributed by atoms with Crippen LogP contribution in [0.1, 0.15) is 55.1 Å². The number of aryl methyl sites for hydroxylation is 1. The van der Waals surface area contributed by atoms with Crippen molar-refractivity contribution >= 4 is 12.0 Å². The van der Waals surface area contributed by atoms with Crippen molar-refractivity contribution in [3.05, 3.63) is 29.1 Å². The first-order valence-electron chi connectivity index (χ1n) is 8.47. The van der Waals surface area contributed by atoms with Crippen LogP contribution in [0.2, 0.25) is 0 Å². The number of carbonyl (C=O) groups is 1. The fraction of sp³-hybridized carbons (Fsp3) is 0.526. The topological polar surface area (TPSA) is 72.8 Å². The highest BCUT2D eigenvalue weighted by Gasteiger charge is 2.19. The Kier molecular flexibility index (Phi) is 6.21. The fourth-order valence-corrected chi connectivity index (χ4v) is 3.52. The zero-order valence-corrected chi connectivity index (χ0v) is 14.5. The summed E-state index contributed by atoms with van der Waals surface area (Å²) in [7, 11) is 0. The van der Waals surface area contributed by atoms with Gasteiger partial charge in [-0.15, -0.1) is 0 Å². The second-order valence-electron chi connectivity index (χ2n) is 6.33. The largest absolute Gasteiger partial charge is 0.346 e. The van der Waals surface area contributed by atoms with Gasteiger partial charge in [-0.05, 0) is 44.4 Å². The number of nitrogens with zero attached hydrogens (tertiary/aromatic N) is 4. The fourth-order valence-electron chi connectivity index (χ4n) is 3.52. The molecule has 0 N–H and O–H groups in total. The molecule has 5 heteroatoms. The molecule has 1 heterocycles. The number of rotatable bonds is 5. The Bertz CT molecular complexity index is 680. The predicted octanol–water partition coefficient (Wildman–Crippen LogP) is 3.50. The van der Waals surface area contributed by atoms with E-state index in [9.17, 15) is 4.79 Å². The molecule has 2 rings (SSSR count). The maximum Gasteiger partial charge on any atom is 0.248 e. The van der Waals surface area contributed by atoms with Crippen molar-refractivity contribution in [3.8, 4) is 12.1 Å². The van der Waals surface area contributed by atoms with Crippen LogP contribution < -0.4 is 0 Å². The zero-order chi connectivity index (χ0) is 17.5. The van der Waals surface area contributed by atoms with Crippen LogP contribution in [0.25, 0.3) is 6.08 Å². The molecule has 1 fully saturated rings. The minimum absolute atomic E-state index is 0.0716. The van der Waals surface area contributed by atoms with Crippen molar-refractivity contribution in [2.75, 3.05) is 13.1 Å². The molecular weight excluding hydrogens is 300 g/mol. The number of amides is 1. The molecule has 0 saturated heterocycles. The van der Waals surface area contributed by atoms with Crippen LogP contribution in [0.3, 0.4) is 0 Å². The molecule has 0 atom stereocenters. The first-order valence-corrected chi connectivity index (χ1v) is 8.47. The quantitative estimate of drug-likeness (QED) is 0.614. The third-order valence-corrected chi connectivity index (χ3v) is 4.70. The lowest BCUT2D eigenvalue weighted by Crippen LogP contribution is -2.30. The van der Waals surface area contributed by atoms with Gasteiger partial charge in [-0.25, -0.2) is 0 Å². The van der Waals surface area contributed by atoms with Gasteiger partial charge in [0.1, 0.15) is 13.1 Å². The minimum atomic E-state index is -0.305. The molecule has 1 amide bonds. The maximum atomic E-state index is 12.1. The molecule has 1 aromatic heterocycles. The summed E-state index contributed by atoms with van der Waals surface area (Å²) in [6.07, 6.45) is 9.58. The third kappa shape index (κ3) is 4.06. The van der Waals surface area contributed by atoms with Crippen LogP contribution in [-0.2, 0) is 4.79 Å². The van der Waals surface area contributed by atoms with Crippen LogP contribution in [-0.4, -0.2) is 28.5 Å². The highest BCUT2D eigenvalue weighted by molar-refractivity contribution is 5.92. The maximum absolute atomic E-state index is 12.1. The van der Waals surface area contributed by atoms with Gasteiger partial charge in [0.15, 0.2) is 0 Å². The van der Waals surface area contributed by atoms with E-state index in [0.29, 0.717) is 6.04 Å². The standard InChI is InChI=1S/C19H24N4O/c1-15-14-17(8-9-19(24)22(12-10-20)13-11-21)16(2)23(15)18-6-4-3-5-7-18/h8-9,14,18H,3-7,12-13H2,1-2H3/b9-8+. The van der Waals surface area contributed by atoms with Crippen LogP contribution in [0, 0.1) is 36.5 Å². The van der Waals surface area contributed by atoms with Gasteiger partial charge in [0, 0.05) is 23.5 Å². The van der Waals surface area contributed by atoms with Crippen molar-refractivity contribution in [3.63, 3.8) is 0 Å². The second-order valence-corrected chi connectivity index (χ2v) is 6.33. The summed E-state index contributed by atoms with van der Waals surface area (Å²) in [6.45, 7) is 4.06. The van der Waals surface area contributed by atoms with E-state index in [0.717, 1.165) is 5.56 Å². The van der Waals surface area contributed by atoms with Crippen LogP contribution in [0.5, 0.6) is 0 Å². The second kappa shape index (κ2) is 8.36. The van der Waals surface area contributed by atoms with Gasteiger partial charge < -0.3 is 9.47 Å². The Morgan fingerprint density at radius 2 is 1.88 bits per heavy atom. The summed E-state index contributed by atoms with van der Waals surface area (Å²) in [5.41, 5.74) is 3.42. The van der Waals surface area contributed by atoms with Gasteiger partial charge in [0.2, 0.25) is 5.91 Å². The number of carbonyl (C=O) groups excluding carboxylic acids is 1. The highest BCUT2D eigenvalue weighted by atomic mass is 16.2. The van der Waals surface area contributed by atoms with Crippen molar-refractivity contribution in [2.45, 2.75) is 52.0 Å². The molecule has 0 spiro atoms. The first-order chi connectivity index (χ1) is 11.6. The highest BCUT2D eigenvalue weighted by Crippen LogP contribution is 2.32. The zero-order valence-electron chi connectivity index (χ0n) is 14.5. The summed E-state index contributed by atoms with van der Waals surface area (Å²) in [4.78, 5) is 13.4. The third-order valence-electron chi connectivity index (χ3n) is 4.70. The number of aromatic nitrogens is 1. The molecule has 1 aromatic rings. The Balaban J connectivity index is 2.16. The lowest BCUT2D eigenvalue weighted by Gasteiger charge is -2.26. The summed E-state index contributed by atoms with van der Waals surface area (Å²) >= 11 is 0. The summed E-state index contributed by atoms with van der Waals surface area (Å²) in [5.74, 6) is -0.305. The van der Waals surface area contributed by atoms with Gasteiger partial charge >= 0.3 is 0 Å². The summed E-state index contributed by atoms with van der Waals surface area (Å²) in [6, 6.07) is 6.49. The van der Waals surface area contributed by atoms with E-state index >= 15 is 0 Å². The van der Waals surface area contributed by atoms with Crippen LogP contribution >= 0.6 is 0 Å². The molecule has 0 aromatic carbocycles. The first kappa shape index (κ1) is 17.8. The average molecular weight is 324 g/mol. The van der Waals surface area contributed by atoms with Gasteiger partial charge in [-0.3, -0.25) is 4.79 Å². The number of hydrogen-bond donors (Lipinski definition) is 0. The van der Waals surface area contributed by atoms with E-state index in [-0.39, 0.29) is 19.0 Å². The van der Waals surface area contributed by atoms with Crippen LogP contribution in [0.15, 0.2) is 12.1 Å². The number of hydrogen-bond acceptors (Lipinski definition) is 3. The molecular formula is C19H24N4O. The monoisotopic (exact) mass is 324 g/mol. The lowest BCUT2D eigenvalue weighted by molar-refractivity contribution is -0.124. The van der Waals surface area contributed by atoms with E-state index < -0.39 is 0 Å². The van der Waals surface area contributed by atoms with Gasteiger partial charge in [-0.1, -0.05) is 19.3 Å². The molecule has 5 nitrogen and oxygen atoms in total. The summed E-state index contributed by atoms with van der Waals surface area (Å²) < 4.78 is 2.39. The molecule has 126 valence electrons. The SMILES string of the molecule is Cc1cc(/C=C/C(=O)N(CC#N)CC#N)c(C)n1C1CCCCC1. The molecule has 1 saturated carbocycles. The molecule has 24 heavy (non-hydrogen) atoms. The molecule has 0 radical (unpaired) electrons. The van der Waals surface area contributed by atoms with Crippen molar-refractivity contribution in [2.24, 2.45) is 0 Å². The Morgan fingerprint density at radius 1 is 1.25 bits per heavy atom. The van der Waals surface area contributed by atoms with E-state index in [1.54, 1.807) is 6.08 Å². The average Bonchev–Trinajstić information content (AvgIpc) is 2.87. The smallest absolute Gasteiger partial charge is 0.248 e.